The molecule has 0 N–H and O–H groups in total. The second-order valence-electron chi connectivity index (χ2n) is 3.44. The van der Waals surface area contributed by atoms with E-state index in [-0.39, 0.29) is 0 Å². The molecule has 1 rings (SSSR count). The summed E-state index contributed by atoms with van der Waals surface area (Å²) in [6.07, 6.45) is 1.96. The highest BCUT2D eigenvalue weighted by Gasteiger charge is 2.05. The zero-order chi connectivity index (χ0) is 9.84. The predicted octanol–water partition coefficient (Wildman–Crippen LogP) is 3.21. The minimum Gasteiger partial charge on any atom is -0.238 e. The van der Waals surface area contributed by atoms with Gasteiger partial charge in [0.05, 0.1) is 0 Å². The van der Waals surface area contributed by atoms with E-state index in [1.807, 2.05) is 6.07 Å². The van der Waals surface area contributed by atoms with Crippen LogP contribution in [0.4, 0.5) is 0 Å². The van der Waals surface area contributed by atoms with Crippen molar-refractivity contribution in [3.63, 3.8) is 0 Å². The van der Waals surface area contributed by atoms with Crippen LogP contribution in [-0.2, 0) is 6.42 Å². The summed E-state index contributed by atoms with van der Waals surface area (Å²) in [6.45, 7) is 6.32. The Morgan fingerprint density at radius 2 is 2.08 bits per heavy atom. The molecule has 1 heterocycles. The smallest absolute Gasteiger partial charge is 0.133 e. The molecule has 0 bridgehead atoms. The first-order chi connectivity index (χ1) is 6.13. The number of aryl methyl sites for hydroxylation is 1. The number of rotatable bonds is 3. The molecule has 0 aliphatic heterocycles. The van der Waals surface area contributed by atoms with E-state index < -0.39 is 0 Å². The fraction of sp³-hybridized carbons (Fsp3) is 0.600. The molecule has 0 fully saturated rings. The number of halogens is 1. The van der Waals surface area contributed by atoms with Crippen LogP contribution in [0.15, 0.2) is 6.07 Å². The number of nitrogens with zero attached hydrogens (tertiary/aromatic N) is 2. The van der Waals surface area contributed by atoms with Crippen LogP contribution < -0.4 is 0 Å². The first kappa shape index (κ1) is 10.5. The minimum absolute atomic E-state index is 0.413. The molecule has 13 heavy (non-hydrogen) atoms. The third kappa shape index (κ3) is 2.96. The van der Waals surface area contributed by atoms with Crippen LogP contribution in [0.5, 0.6) is 0 Å². The van der Waals surface area contributed by atoms with Crippen LogP contribution in [0.2, 0.25) is 5.15 Å². The fourth-order valence-corrected chi connectivity index (χ4v) is 1.32. The molecule has 0 unspecified atom stereocenters. The minimum atomic E-state index is 0.413. The Hall–Kier alpha value is -0.630. The second-order valence-corrected chi connectivity index (χ2v) is 3.82. The third-order valence-corrected chi connectivity index (χ3v) is 2.02. The van der Waals surface area contributed by atoms with Gasteiger partial charge in [0.25, 0.3) is 0 Å². The van der Waals surface area contributed by atoms with Gasteiger partial charge in [0.2, 0.25) is 0 Å². The maximum Gasteiger partial charge on any atom is 0.133 e. The fourth-order valence-electron chi connectivity index (χ4n) is 1.12. The number of hydrogen-bond donors (Lipinski definition) is 0. The molecule has 0 saturated heterocycles. The van der Waals surface area contributed by atoms with Crippen molar-refractivity contribution in [3.8, 4) is 0 Å². The molecule has 2 nitrogen and oxygen atoms in total. The van der Waals surface area contributed by atoms with Crippen molar-refractivity contribution in [2.24, 2.45) is 0 Å². The van der Waals surface area contributed by atoms with Gasteiger partial charge in [-0.3, -0.25) is 0 Å². The monoisotopic (exact) mass is 198 g/mol. The lowest BCUT2D eigenvalue weighted by Gasteiger charge is -2.06. The summed E-state index contributed by atoms with van der Waals surface area (Å²) in [5, 5.41) is 0.558. The van der Waals surface area contributed by atoms with Gasteiger partial charge in [-0.1, -0.05) is 32.4 Å². The van der Waals surface area contributed by atoms with E-state index in [0.29, 0.717) is 11.1 Å². The second kappa shape index (κ2) is 4.56. The standard InChI is InChI=1S/C10H15ClN2/c1-4-5-10-12-8(7(2)3)6-9(11)13-10/h6-7H,4-5H2,1-3H3. The van der Waals surface area contributed by atoms with Crippen LogP contribution in [-0.4, -0.2) is 9.97 Å². The van der Waals surface area contributed by atoms with E-state index in [1.54, 1.807) is 0 Å². The Bertz CT molecular complexity index is 284. The van der Waals surface area contributed by atoms with Crippen molar-refractivity contribution in [1.29, 1.82) is 0 Å². The maximum atomic E-state index is 5.88. The first-order valence-electron chi connectivity index (χ1n) is 4.66. The summed E-state index contributed by atoms with van der Waals surface area (Å²) in [7, 11) is 0. The molecular formula is C10H15ClN2. The van der Waals surface area contributed by atoms with E-state index >= 15 is 0 Å². The maximum absolute atomic E-state index is 5.88. The number of aromatic nitrogens is 2. The molecule has 0 atom stereocenters. The van der Waals surface area contributed by atoms with Crippen molar-refractivity contribution in [2.75, 3.05) is 0 Å². The lowest BCUT2D eigenvalue weighted by Crippen LogP contribution is -2.00. The van der Waals surface area contributed by atoms with Crippen molar-refractivity contribution < 1.29 is 0 Å². The van der Waals surface area contributed by atoms with Crippen LogP contribution in [0.25, 0.3) is 0 Å². The Morgan fingerprint density at radius 3 is 2.62 bits per heavy atom. The average molecular weight is 199 g/mol. The zero-order valence-electron chi connectivity index (χ0n) is 8.34. The van der Waals surface area contributed by atoms with Gasteiger partial charge in [-0.15, -0.1) is 0 Å². The Morgan fingerprint density at radius 1 is 1.38 bits per heavy atom. The average Bonchev–Trinajstić information content (AvgIpc) is 2.03. The largest absolute Gasteiger partial charge is 0.238 e. The number of hydrogen-bond acceptors (Lipinski definition) is 2. The quantitative estimate of drug-likeness (QED) is 0.698. The molecule has 1 aromatic heterocycles. The van der Waals surface area contributed by atoms with Gasteiger partial charge in [0.15, 0.2) is 0 Å². The van der Waals surface area contributed by atoms with E-state index in [2.05, 4.69) is 30.7 Å². The lowest BCUT2D eigenvalue weighted by atomic mass is 10.1. The van der Waals surface area contributed by atoms with Crippen molar-refractivity contribution >= 4 is 11.6 Å². The highest BCUT2D eigenvalue weighted by Crippen LogP contribution is 2.15. The Labute approximate surface area is 84.4 Å². The predicted molar refractivity (Wildman–Crippen MR) is 55.1 cm³/mol. The van der Waals surface area contributed by atoms with Gasteiger partial charge in [0.1, 0.15) is 11.0 Å². The zero-order valence-corrected chi connectivity index (χ0v) is 9.10. The van der Waals surface area contributed by atoms with E-state index in [9.17, 15) is 0 Å². The first-order valence-corrected chi connectivity index (χ1v) is 5.04. The van der Waals surface area contributed by atoms with Gasteiger partial charge >= 0.3 is 0 Å². The summed E-state index contributed by atoms with van der Waals surface area (Å²) in [6, 6.07) is 1.84. The molecule has 0 aliphatic carbocycles. The summed E-state index contributed by atoms with van der Waals surface area (Å²) in [5.41, 5.74) is 1.03. The summed E-state index contributed by atoms with van der Waals surface area (Å²) < 4.78 is 0. The molecule has 1 aromatic rings. The molecule has 0 spiro atoms. The highest BCUT2D eigenvalue weighted by molar-refractivity contribution is 6.29. The molecule has 0 radical (unpaired) electrons. The van der Waals surface area contributed by atoms with E-state index in [1.165, 1.54) is 0 Å². The highest BCUT2D eigenvalue weighted by atomic mass is 35.5. The summed E-state index contributed by atoms with van der Waals surface area (Å²) in [5.74, 6) is 1.27. The molecular weight excluding hydrogens is 184 g/mol. The molecule has 0 aliphatic rings. The summed E-state index contributed by atoms with van der Waals surface area (Å²) >= 11 is 5.88. The SMILES string of the molecule is CCCc1nc(Cl)cc(C(C)C)n1. The van der Waals surface area contributed by atoms with E-state index in [4.69, 9.17) is 11.6 Å². The lowest BCUT2D eigenvalue weighted by molar-refractivity contribution is 0.763. The molecule has 3 heteroatoms. The van der Waals surface area contributed by atoms with Gasteiger partial charge in [-0.25, -0.2) is 9.97 Å². The normalized spacial score (nSPS) is 10.8. The van der Waals surface area contributed by atoms with Gasteiger partial charge < -0.3 is 0 Å². The van der Waals surface area contributed by atoms with Crippen molar-refractivity contribution in [1.82, 2.24) is 9.97 Å². The van der Waals surface area contributed by atoms with Crippen LogP contribution in [0.3, 0.4) is 0 Å². The Kier molecular flexibility index (Phi) is 3.67. The van der Waals surface area contributed by atoms with Gasteiger partial charge in [0, 0.05) is 12.1 Å². The molecule has 0 amide bonds. The van der Waals surface area contributed by atoms with Gasteiger partial charge in [-0.05, 0) is 18.4 Å². The van der Waals surface area contributed by atoms with Crippen molar-refractivity contribution in [3.05, 3.63) is 22.7 Å². The van der Waals surface area contributed by atoms with Crippen LogP contribution >= 0.6 is 11.6 Å². The topological polar surface area (TPSA) is 25.8 Å². The van der Waals surface area contributed by atoms with Crippen molar-refractivity contribution in [2.45, 2.75) is 39.5 Å². The van der Waals surface area contributed by atoms with Gasteiger partial charge in [-0.2, -0.15) is 0 Å². The summed E-state index contributed by atoms with van der Waals surface area (Å²) in [4.78, 5) is 8.59. The third-order valence-electron chi connectivity index (χ3n) is 1.83. The Balaban J connectivity index is 2.96. The van der Waals surface area contributed by atoms with E-state index in [0.717, 1.165) is 24.4 Å². The van der Waals surface area contributed by atoms with Crippen LogP contribution in [0, 0.1) is 0 Å². The molecule has 72 valence electrons. The molecule has 0 aromatic carbocycles. The van der Waals surface area contributed by atoms with Crippen LogP contribution in [0.1, 0.15) is 44.6 Å². The molecule has 0 saturated carbocycles.